The van der Waals surface area contributed by atoms with Gasteiger partial charge in [0.2, 0.25) is 0 Å². The van der Waals surface area contributed by atoms with E-state index in [2.05, 4.69) is 21.3 Å². The van der Waals surface area contributed by atoms with Crippen molar-refractivity contribution < 1.29 is 4.79 Å². The number of amides is 2. The summed E-state index contributed by atoms with van der Waals surface area (Å²) in [5, 5.41) is 3.02. The topological polar surface area (TPSA) is 48.5 Å². The van der Waals surface area contributed by atoms with Crippen LogP contribution in [0.15, 0.2) is 42.7 Å². The van der Waals surface area contributed by atoms with Crippen LogP contribution in [0, 0.1) is 13.8 Å². The molecule has 0 radical (unpaired) electrons. The van der Waals surface area contributed by atoms with Gasteiger partial charge in [-0.05, 0) is 54.8 Å². The molecule has 2 aromatic rings. The van der Waals surface area contributed by atoms with Crippen LogP contribution < -0.4 is 5.32 Å². The molecular formula is C19H24N4O. The summed E-state index contributed by atoms with van der Waals surface area (Å²) in [6, 6.07) is 10.2. The Morgan fingerprint density at radius 3 is 2.29 bits per heavy atom. The van der Waals surface area contributed by atoms with Gasteiger partial charge in [0.25, 0.3) is 0 Å². The Morgan fingerprint density at radius 1 is 1.04 bits per heavy atom. The van der Waals surface area contributed by atoms with Crippen molar-refractivity contribution in [1.82, 2.24) is 14.8 Å². The highest BCUT2D eigenvalue weighted by Crippen LogP contribution is 2.15. The van der Waals surface area contributed by atoms with Gasteiger partial charge < -0.3 is 10.2 Å². The largest absolute Gasteiger partial charge is 0.322 e. The highest BCUT2D eigenvalue weighted by molar-refractivity contribution is 5.89. The van der Waals surface area contributed by atoms with Crippen molar-refractivity contribution in [3.8, 4) is 0 Å². The van der Waals surface area contributed by atoms with Crippen LogP contribution in [0.1, 0.15) is 16.7 Å². The Morgan fingerprint density at radius 2 is 1.67 bits per heavy atom. The molecule has 24 heavy (non-hydrogen) atoms. The molecule has 126 valence electrons. The van der Waals surface area contributed by atoms with Crippen molar-refractivity contribution in [2.45, 2.75) is 20.4 Å². The second kappa shape index (κ2) is 7.45. The Hall–Kier alpha value is -2.40. The average Bonchev–Trinajstić information content (AvgIpc) is 2.55. The molecule has 1 aliphatic rings. The molecule has 1 aromatic carbocycles. The van der Waals surface area contributed by atoms with E-state index in [-0.39, 0.29) is 6.03 Å². The Balaban J connectivity index is 1.51. The van der Waals surface area contributed by atoms with E-state index >= 15 is 0 Å². The minimum atomic E-state index is -0.0106. The molecule has 0 aliphatic carbocycles. The minimum Gasteiger partial charge on any atom is -0.322 e. The fraction of sp³-hybridized carbons (Fsp3) is 0.368. The zero-order valence-electron chi connectivity index (χ0n) is 14.3. The first-order valence-electron chi connectivity index (χ1n) is 8.35. The van der Waals surface area contributed by atoms with Crippen molar-refractivity contribution >= 4 is 11.7 Å². The van der Waals surface area contributed by atoms with Crippen LogP contribution in [0.25, 0.3) is 0 Å². The first-order valence-corrected chi connectivity index (χ1v) is 8.35. The third-order valence-corrected chi connectivity index (χ3v) is 4.29. The van der Waals surface area contributed by atoms with E-state index < -0.39 is 0 Å². The van der Waals surface area contributed by atoms with E-state index in [1.165, 1.54) is 5.56 Å². The lowest BCUT2D eigenvalue weighted by molar-refractivity contribution is 0.143. The molecule has 1 aliphatic heterocycles. The molecule has 5 nitrogen and oxygen atoms in total. The molecule has 1 saturated heterocycles. The third kappa shape index (κ3) is 4.32. The SMILES string of the molecule is Cc1cc(C)cc(NC(=O)N2CCN(Cc3ccncc3)CC2)c1. The van der Waals surface area contributed by atoms with E-state index in [0.29, 0.717) is 0 Å². The zero-order valence-corrected chi connectivity index (χ0v) is 14.3. The van der Waals surface area contributed by atoms with E-state index in [1.54, 1.807) is 0 Å². The molecule has 0 saturated carbocycles. The summed E-state index contributed by atoms with van der Waals surface area (Å²) in [6.07, 6.45) is 3.64. The number of anilines is 1. The van der Waals surface area contributed by atoms with E-state index in [0.717, 1.165) is 49.5 Å². The second-order valence-electron chi connectivity index (χ2n) is 6.43. The Labute approximate surface area is 143 Å². The van der Waals surface area contributed by atoms with Crippen LogP contribution in [-0.4, -0.2) is 47.0 Å². The summed E-state index contributed by atoms with van der Waals surface area (Å²) in [7, 11) is 0. The number of nitrogens with zero attached hydrogens (tertiary/aromatic N) is 3. The Kier molecular flexibility index (Phi) is 5.11. The van der Waals surface area contributed by atoms with Gasteiger partial charge in [0.05, 0.1) is 0 Å². The molecule has 1 fully saturated rings. The summed E-state index contributed by atoms with van der Waals surface area (Å²) in [4.78, 5) is 20.7. The van der Waals surface area contributed by atoms with Crippen LogP contribution in [-0.2, 0) is 6.54 Å². The van der Waals surface area contributed by atoms with Crippen LogP contribution in [0.4, 0.5) is 10.5 Å². The first-order chi connectivity index (χ1) is 11.6. The molecule has 1 N–H and O–H groups in total. The van der Waals surface area contributed by atoms with Crippen molar-refractivity contribution in [1.29, 1.82) is 0 Å². The average molecular weight is 324 g/mol. The summed E-state index contributed by atoms with van der Waals surface area (Å²) >= 11 is 0. The molecule has 0 bridgehead atoms. The number of hydrogen-bond acceptors (Lipinski definition) is 3. The van der Waals surface area contributed by atoms with Gasteiger partial charge in [-0.1, -0.05) is 6.07 Å². The van der Waals surface area contributed by atoms with Crippen LogP contribution in [0.2, 0.25) is 0 Å². The number of nitrogens with one attached hydrogen (secondary N) is 1. The molecule has 1 aromatic heterocycles. The van der Waals surface area contributed by atoms with E-state index in [9.17, 15) is 4.79 Å². The monoisotopic (exact) mass is 324 g/mol. The number of benzene rings is 1. The number of piperazine rings is 1. The number of aryl methyl sites for hydroxylation is 2. The third-order valence-electron chi connectivity index (χ3n) is 4.29. The van der Waals surface area contributed by atoms with Crippen molar-refractivity contribution in [3.05, 3.63) is 59.4 Å². The van der Waals surface area contributed by atoms with Gasteiger partial charge in [-0.3, -0.25) is 9.88 Å². The maximum absolute atomic E-state index is 12.4. The lowest BCUT2D eigenvalue weighted by atomic mass is 10.1. The summed E-state index contributed by atoms with van der Waals surface area (Å²) in [6.45, 7) is 8.28. The fourth-order valence-electron chi connectivity index (χ4n) is 3.10. The molecular weight excluding hydrogens is 300 g/mol. The van der Waals surface area contributed by atoms with Crippen LogP contribution >= 0.6 is 0 Å². The highest BCUT2D eigenvalue weighted by Gasteiger charge is 2.21. The number of pyridine rings is 1. The number of hydrogen-bond donors (Lipinski definition) is 1. The minimum absolute atomic E-state index is 0.0106. The maximum Gasteiger partial charge on any atom is 0.321 e. The molecule has 0 unspecified atom stereocenters. The molecule has 5 heteroatoms. The van der Waals surface area contributed by atoms with E-state index in [1.807, 2.05) is 55.4 Å². The standard InChI is InChI=1S/C19H24N4O/c1-15-11-16(2)13-18(12-15)21-19(24)23-9-7-22(8-10-23)14-17-3-5-20-6-4-17/h3-6,11-13H,7-10,14H2,1-2H3,(H,21,24). The summed E-state index contributed by atoms with van der Waals surface area (Å²) in [5.74, 6) is 0. The number of carbonyl (C=O) groups excluding carboxylic acids is 1. The fourth-order valence-corrected chi connectivity index (χ4v) is 3.10. The number of aromatic nitrogens is 1. The predicted molar refractivity (Wildman–Crippen MR) is 96.0 cm³/mol. The predicted octanol–water partition coefficient (Wildman–Crippen LogP) is 3.05. The summed E-state index contributed by atoms with van der Waals surface area (Å²) < 4.78 is 0. The number of rotatable bonds is 3. The van der Waals surface area contributed by atoms with Crippen LogP contribution in [0.5, 0.6) is 0 Å². The Bertz CT molecular complexity index is 674. The van der Waals surface area contributed by atoms with E-state index in [4.69, 9.17) is 0 Å². The van der Waals surface area contributed by atoms with Gasteiger partial charge >= 0.3 is 6.03 Å². The molecule has 2 heterocycles. The highest BCUT2D eigenvalue weighted by atomic mass is 16.2. The normalized spacial score (nSPS) is 15.3. The van der Waals surface area contributed by atoms with Crippen molar-refractivity contribution in [2.75, 3.05) is 31.5 Å². The molecule has 3 rings (SSSR count). The summed E-state index contributed by atoms with van der Waals surface area (Å²) in [5.41, 5.74) is 4.45. The smallest absolute Gasteiger partial charge is 0.321 e. The first kappa shape index (κ1) is 16.5. The quantitative estimate of drug-likeness (QED) is 0.944. The molecule has 2 amide bonds. The van der Waals surface area contributed by atoms with Gasteiger partial charge in [0.1, 0.15) is 0 Å². The van der Waals surface area contributed by atoms with Crippen molar-refractivity contribution in [3.63, 3.8) is 0 Å². The molecule has 0 atom stereocenters. The van der Waals surface area contributed by atoms with Gasteiger partial charge in [-0.2, -0.15) is 0 Å². The lowest BCUT2D eigenvalue weighted by Crippen LogP contribution is -2.49. The van der Waals surface area contributed by atoms with Crippen LogP contribution in [0.3, 0.4) is 0 Å². The number of carbonyl (C=O) groups is 1. The maximum atomic E-state index is 12.4. The number of urea groups is 1. The van der Waals surface area contributed by atoms with Gasteiger partial charge in [0.15, 0.2) is 0 Å². The van der Waals surface area contributed by atoms with Gasteiger partial charge in [-0.25, -0.2) is 4.79 Å². The zero-order chi connectivity index (χ0) is 16.9. The second-order valence-corrected chi connectivity index (χ2v) is 6.43. The van der Waals surface area contributed by atoms with Crippen molar-refractivity contribution in [2.24, 2.45) is 0 Å². The van der Waals surface area contributed by atoms with Gasteiger partial charge in [-0.15, -0.1) is 0 Å². The lowest BCUT2D eigenvalue weighted by Gasteiger charge is -2.34. The van der Waals surface area contributed by atoms with Gasteiger partial charge in [0, 0.05) is 50.8 Å². The molecule has 0 spiro atoms.